The zero-order valence-electron chi connectivity index (χ0n) is 15.1. The van der Waals surface area contributed by atoms with Crippen molar-refractivity contribution < 1.29 is 9.53 Å². The van der Waals surface area contributed by atoms with Crippen molar-refractivity contribution >= 4 is 11.7 Å². The molecule has 0 spiro atoms. The minimum Gasteiger partial charge on any atom is -0.370 e. The molecule has 1 aliphatic heterocycles. The van der Waals surface area contributed by atoms with Gasteiger partial charge in [0.2, 0.25) is 0 Å². The molecule has 1 aromatic carbocycles. The van der Waals surface area contributed by atoms with Crippen LogP contribution in [0.4, 0.5) is 10.5 Å². The molecular formula is C19H26N4O2. The predicted molar refractivity (Wildman–Crippen MR) is 97.6 cm³/mol. The molecule has 0 bridgehead atoms. The number of amides is 2. The van der Waals surface area contributed by atoms with Gasteiger partial charge in [-0.3, -0.25) is 0 Å². The normalized spacial score (nSPS) is 20.3. The van der Waals surface area contributed by atoms with E-state index in [9.17, 15) is 4.79 Å². The van der Waals surface area contributed by atoms with Gasteiger partial charge < -0.3 is 19.9 Å². The van der Waals surface area contributed by atoms with Gasteiger partial charge in [-0.1, -0.05) is 13.0 Å². The van der Waals surface area contributed by atoms with Crippen molar-refractivity contribution in [3.05, 3.63) is 47.5 Å². The number of aryl methyl sites for hydroxylation is 3. The fraction of sp³-hybridized carbons (Fsp3) is 0.474. The minimum atomic E-state index is -0.170. The number of rotatable bonds is 4. The molecule has 0 radical (unpaired) electrons. The summed E-state index contributed by atoms with van der Waals surface area (Å²) in [4.78, 5) is 16.7. The third-order valence-electron chi connectivity index (χ3n) is 4.75. The summed E-state index contributed by atoms with van der Waals surface area (Å²) in [5.41, 5.74) is 3.32. The standard InChI is InChI=1S/C19H26N4O2/c1-4-14-11-15(6-5-13(14)2)21-19(24)22-16-7-10-25-17(12-16)18-20-8-9-23(18)3/h5-6,8-9,11,16-17H,4,7,10,12H2,1-3H3,(H2,21,22,24). The number of urea groups is 1. The summed E-state index contributed by atoms with van der Waals surface area (Å²) >= 11 is 0. The monoisotopic (exact) mass is 342 g/mol. The van der Waals surface area contributed by atoms with Crippen LogP contribution in [0.3, 0.4) is 0 Å². The molecule has 2 N–H and O–H groups in total. The lowest BCUT2D eigenvalue weighted by Crippen LogP contribution is -2.42. The largest absolute Gasteiger partial charge is 0.370 e. The number of imidazole rings is 1. The van der Waals surface area contributed by atoms with Gasteiger partial charge in [-0.25, -0.2) is 9.78 Å². The lowest BCUT2D eigenvalue weighted by molar-refractivity contribution is -0.00410. The van der Waals surface area contributed by atoms with E-state index in [0.29, 0.717) is 6.61 Å². The van der Waals surface area contributed by atoms with E-state index in [1.165, 1.54) is 11.1 Å². The van der Waals surface area contributed by atoms with E-state index in [1.807, 2.05) is 36.0 Å². The highest BCUT2D eigenvalue weighted by Crippen LogP contribution is 2.26. The van der Waals surface area contributed by atoms with Crippen molar-refractivity contribution in [2.24, 2.45) is 7.05 Å². The van der Waals surface area contributed by atoms with Crippen LogP contribution < -0.4 is 10.6 Å². The first kappa shape index (κ1) is 17.5. The summed E-state index contributed by atoms with van der Waals surface area (Å²) in [7, 11) is 1.96. The van der Waals surface area contributed by atoms with Crippen molar-refractivity contribution in [2.75, 3.05) is 11.9 Å². The quantitative estimate of drug-likeness (QED) is 0.895. The third-order valence-corrected chi connectivity index (χ3v) is 4.75. The first-order chi connectivity index (χ1) is 12.1. The number of hydrogen-bond acceptors (Lipinski definition) is 3. The van der Waals surface area contributed by atoms with Gasteiger partial charge in [0.15, 0.2) is 0 Å². The van der Waals surface area contributed by atoms with Crippen molar-refractivity contribution in [3.8, 4) is 0 Å². The number of anilines is 1. The second-order valence-corrected chi connectivity index (χ2v) is 6.57. The molecule has 2 amide bonds. The lowest BCUT2D eigenvalue weighted by atomic mass is 10.0. The molecule has 1 aromatic heterocycles. The van der Waals surface area contributed by atoms with E-state index in [-0.39, 0.29) is 18.2 Å². The van der Waals surface area contributed by atoms with Gasteiger partial charge >= 0.3 is 6.03 Å². The molecule has 0 saturated carbocycles. The number of carbonyl (C=O) groups is 1. The van der Waals surface area contributed by atoms with Gasteiger partial charge in [-0.05, 0) is 43.0 Å². The zero-order chi connectivity index (χ0) is 17.8. The average Bonchev–Trinajstić information content (AvgIpc) is 3.03. The van der Waals surface area contributed by atoms with Crippen LogP contribution in [0.2, 0.25) is 0 Å². The molecule has 134 valence electrons. The Labute approximate surface area is 148 Å². The fourth-order valence-electron chi connectivity index (χ4n) is 3.28. The maximum absolute atomic E-state index is 12.3. The average molecular weight is 342 g/mol. The van der Waals surface area contributed by atoms with E-state index in [2.05, 4.69) is 29.5 Å². The second kappa shape index (κ2) is 7.70. The Bertz CT molecular complexity index is 741. The lowest BCUT2D eigenvalue weighted by Gasteiger charge is -2.29. The number of nitrogens with one attached hydrogen (secondary N) is 2. The number of carbonyl (C=O) groups excluding carboxylic acids is 1. The summed E-state index contributed by atoms with van der Waals surface area (Å²) < 4.78 is 7.79. The van der Waals surface area contributed by atoms with Gasteiger partial charge in [0, 0.05) is 44.2 Å². The van der Waals surface area contributed by atoms with Crippen LogP contribution in [0.1, 0.15) is 42.8 Å². The van der Waals surface area contributed by atoms with Gasteiger partial charge in [0.05, 0.1) is 0 Å². The fourth-order valence-corrected chi connectivity index (χ4v) is 3.28. The van der Waals surface area contributed by atoms with E-state index in [4.69, 9.17) is 4.74 Å². The molecular weight excluding hydrogens is 316 g/mol. The predicted octanol–water partition coefficient (Wildman–Crippen LogP) is 3.33. The van der Waals surface area contributed by atoms with Gasteiger partial charge in [0.25, 0.3) is 0 Å². The molecule has 2 heterocycles. The van der Waals surface area contributed by atoms with Crippen LogP contribution >= 0.6 is 0 Å². The Morgan fingerprint density at radius 1 is 1.44 bits per heavy atom. The number of aromatic nitrogens is 2. The minimum absolute atomic E-state index is 0.0755. The van der Waals surface area contributed by atoms with Crippen molar-refractivity contribution in [1.82, 2.24) is 14.9 Å². The molecule has 2 atom stereocenters. The van der Waals surface area contributed by atoms with Crippen LogP contribution in [0.15, 0.2) is 30.6 Å². The molecule has 1 fully saturated rings. The van der Waals surface area contributed by atoms with E-state index < -0.39 is 0 Å². The van der Waals surface area contributed by atoms with Gasteiger partial charge in [0.1, 0.15) is 11.9 Å². The summed E-state index contributed by atoms with van der Waals surface area (Å²) in [6.07, 6.45) is 6.09. The Kier molecular flexibility index (Phi) is 5.38. The third kappa shape index (κ3) is 4.20. The SMILES string of the molecule is CCc1cc(NC(=O)NC2CCOC(c3nccn3C)C2)ccc1C. The molecule has 3 rings (SSSR count). The first-order valence-electron chi connectivity index (χ1n) is 8.82. The number of benzene rings is 1. The number of ether oxygens (including phenoxy) is 1. The van der Waals surface area contributed by atoms with Crippen LogP contribution in [-0.4, -0.2) is 28.2 Å². The Morgan fingerprint density at radius 2 is 2.28 bits per heavy atom. The maximum atomic E-state index is 12.3. The molecule has 2 aromatic rings. The van der Waals surface area contributed by atoms with E-state index in [1.54, 1.807) is 6.20 Å². The summed E-state index contributed by atoms with van der Waals surface area (Å²) in [5.74, 6) is 0.901. The molecule has 25 heavy (non-hydrogen) atoms. The molecule has 1 saturated heterocycles. The maximum Gasteiger partial charge on any atom is 0.319 e. The van der Waals surface area contributed by atoms with Crippen LogP contribution in [0, 0.1) is 6.92 Å². The summed E-state index contributed by atoms with van der Waals surface area (Å²) in [6, 6.07) is 5.92. The molecule has 0 aliphatic carbocycles. The Hall–Kier alpha value is -2.34. The van der Waals surface area contributed by atoms with Gasteiger partial charge in [-0.2, -0.15) is 0 Å². The summed E-state index contributed by atoms with van der Waals surface area (Å²) in [5, 5.41) is 6.00. The number of nitrogens with zero attached hydrogens (tertiary/aromatic N) is 2. The second-order valence-electron chi connectivity index (χ2n) is 6.57. The van der Waals surface area contributed by atoms with Crippen LogP contribution in [0.5, 0.6) is 0 Å². The highest BCUT2D eigenvalue weighted by molar-refractivity contribution is 5.89. The number of hydrogen-bond donors (Lipinski definition) is 2. The molecule has 6 nitrogen and oxygen atoms in total. The van der Waals surface area contributed by atoms with Crippen LogP contribution in [0.25, 0.3) is 0 Å². The first-order valence-corrected chi connectivity index (χ1v) is 8.82. The molecule has 2 unspecified atom stereocenters. The zero-order valence-corrected chi connectivity index (χ0v) is 15.1. The van der Waals surface area contributed by atoms with E-state index in [0.717, 1.165) is 30.8 Å². The molecule has 6 heteroatoms. The highest BCUT2D eigenvalue weighted by Gasteiger charge is 2.27. The Balaban J connectivity index is 1.58. The smallest absolute Gasteiger partial charge is 0.319 e. The molecule has 1 aliphatic rings. The van der Waals surface area contributed by atoms with Crippen molar-refractivity contribution in [2.45, 2.75) is 45.3 Å². The van der Waals surface area contributed by atoms with Gasteiger partial charge in [-0.15, -0.1) is 0 Å². The van der Waals surface area contributed by atoms with Crippen LogP contribution in [-0.2, 0) is 18.2 Å². The van der Waals surface area contributed by atoms with E-state index >= 15 is 0 Å². The summed E-state index contributed by atoms with van der Waals surface area (Å²) in [6.45, 7) is 4.82. The van der Waals surface area contributed by atoms with Crippen molar-refractivity contribution in [3.63, 3.8) is 0 Å². The topological polar surface area (TPSA) is 68.2 Å². The van der Waals surface area contributed by atoms with Crippen molar-refractivity contribution in [1.29, 1.82) is 0 Å². The Morgan fingerprint density at radius 3 is 3.00 bits per heavy atom. The highest BCUT2D eigenvalue weighted by atomic mass is 16.5.